The number of piperidine rings is 1. The summed E-state index contributed by atoms with van der Waals surface area (Å²) in [7, 11) is -5.34. The first-order chi connectivity index (χ1) is 9.32. The van der Waals surface area contributed by atoms with E-state index in [0.717, 1.165) is 25.5 Å². The first kappa shape index (κ1) is 15.1. The molecule has 0 spiro atoms. The number of hydrogen-bond acceptors (Lipinski definition) is 4. The predicted octanol–water partition coefficient (Wildman–Crippen LogP) is 2.14. The van der Waals surface area contributed by atoms with Crippen LogP contribution in [0.1, 0.15) is 12.8 Å². The Bertz CT molecular complexity index is 566. The van der Waals surface area contributed by atoms with Gasteiger partial charge in [-0.15, -0.1) is 0 Å². The van der Waals surface area contributed by atoms with E-state index in [1.54, 1.807) is 0 Å². The molecule has 1 fully saturated rings. The molecule has 8 heteroatoms. The minimum atomic E-state index is -5.34. The van der Waals surface area contributed by atoms with E-state index in [1.807, 2.05) is 0 Å². The molecule has 1 atom stereocenters. The summed E-state index contributed by atoms with van der Waals surface area (Å²) in [6.45, 7) is 1.46. The zero-order valence-corrected chi connectivity index (χ0v) is 11.4. The lowest BCUT2D eigenvalue weighted by Crippen LogP contribution is -2.38. The Kier molecular flexibility index (Phi) is 4.24. The van der Waals surface area contributed by atoms with Gasteiger partial charge in [0.15, 0.2) is 0 Å². The molecule has 112 valence electrons. The summed E-state index contributed by atoms with van der Waals surface area (Å²) in [4.78, 5) is -0.724. The number of hydrogen-bond donors (Lipinski definition) is 2. The Hall–Kier alpha value is -1.28. The van der Waals surface area contributed by atoms with Gasteiger partial charge in [0.05, 0.1) is 10.6 Å². The van der Waals surface area contributed by atoms with Crippen LogP contribution in [0.3, 0.4) is 0 Å². The van der Waals surface area contributed by atoms with Crippen molar-refractivity contribution in [3.05, 3.63) is 24.3 Å². The molecule has 0 aliphatic carbocycles. The summed E-state index contributed by atoms with van der Waals surface area (Å²) in [5, 5.41) is 6.00. The molecule has 1 aromatic rings. The lowest BCUT2D eigenvalue weighted by molar-refractivity contribution is -0.0435. The molecule has 1 saturated heterocycles. The maximum absolute atomic E-state index is 12.6. The van der Waals surface area contributed by atoms with Crippen molar-refractivity contribution in [3.63, 3.8) is 0 Å². The fourth-order valence-electron chi connectivity index (χ4n) is 2.14. The smallest absolute Gasteiger partial charge is 0.380 e. The Morgan fingerprint density at radius 2 is 1.95 bits per heavy atom. The summed E-state index contributed by atoms with van der Waals surface area (Å²) >= 11 is 0. The zero-order valence-electron chi connectivity index (χ0n) is 10.6. The molecule has 4 nitrogen and oxygen atoms in total. The van der Waals surface area contributed by atoms with Gasteiger partial charge in [-0.2, -0.15) is 13.2 Å². The van der Waals surface area contributed by atoms with Crippen LogP contribution in [-0.4, -0.2) is 33.1 Å². The standard InChI is InChI=1S/C12H15F3N2O2S/c13-12(14,15)20(18,19)11-6-2-1-5-10(11)17-9-4-3-7-16-8-9/h1-2,5-6,9,16-17H,3-4,7-8H2. The SMILES string of the molecule is O=S(=O)(c1ccccc1NC1CCCNC1)C(F)(F)F. The van der Waals surface area contributed by atoms with Gasteiger partial charge in [-0.05, 0) is 31.5 Å². The molecular weight excluding hydrogens is 293 g/mol. The average Bonchev–Trinajstić information content (AvgIpc) is 2.39. The van der Waals surface area contributed by atoms with Crippen molar-refractivity contribution in [1.29, 1.82) is 0 Å². The highest BCUT2D eigenvalue weighted by Crippen LogP contribution is 2.34. The van der Waals surface area contributed by atoms with E-state index in [1.165, 1.54) is 18.2 Å². The minimum Gasteiger partial charge on any atom is -0.380 e. The molecule has 1 heterocycles. The number of alkyl halides is 3. The largest absolute Gasteiger partial charge is 0.501 e. The number of para-hydroxylation sites is 1. The molecular formula is C12H15F3N2O2S. The number of rotatable bonds is 3. The summed E-state index contributed by atoms with van der Waals surface area (Å²) < 4.78 is 61.0. The molecule has 0 amide bonds. The topological polar surface area (TPSA) is 58.2 Å². The zero-order chi connectivity index (χ0) is 14.8. The third kappa shape index (κ3) is 3.06. The monoisotopic (exact) mass is 308 g/mol. The fourth-order valence-corrected chi connectivity index (χ4v) is 3.06. The molecule has 20 heavy (non-hydrogen) atoms. The lowest BCUT2D eigenvalue weighted by Gasteiger charge is -2.26. The van der Waals surface area contributed by atoms with Crippen LogP contribution in [0.25, 0.3) is 0 Å². The Morgan fingerprint density at radius 3 is 2.55 bits per heavy atom. The van der Waals surface area contributed by atoms with Crippen LogP contribution in [0.5, 0.6) is 0 Å². The molecule has 1 aliphatic heterocycles. The average molecular weight is 308 g/mol. The van der Waals surface area contributed by atoms with Crippen molar-refractivity contribution < 1.29 is 21.6 Å². The van der Waals surface area contributed by atoms with Crippen molar-refractivity contribution >= 4 is 15.5 Å². The second-order valence-electron chi connectivity index (χ2n) is 4.63. The fraction of sp³-hybridized carbons (Fsp3) is 0.500. The van der Waals surface area contributed by atoms with Gasteiger partial charge < -0.3 is 10.6 Å². The Morgan fingerprint density at radius 1 is 1.25 bits per heavy atom. The molecule has 2 rings (SSSR count). The maximum Gasteiger partial charge on any atom is 0.501 e. The van der Waals surface area contributed by atoms with Crippen LogP contribution in [0.4, 0.5) is 18.9 Å². The van der Waals surface area contributed by atoms with E-state index in [9.17, 15) is 21.6 Å². The minimum absolute atomic E-state index is 0.00137. The van der Waals surface area contributed by atoms with E-state index in [0.29, 0.717) is 6.54 Å². The van der Waals surface area contributed by atoms with Gasteiger partial charge in [0.1, 0.15) is 0 Å². The van der Waals surface area contributed by atoms with Gasteiger partial charge in [-0.3, -0.25) is 0 Å². The van der Waals surface area contributed by atoms with Crippen LogP contribution >= 0.6 is 0 Å². The maximum atomic E-state index is 12.6. The second-order valence-corrected chi connectivity index (χ2v) is 6.54. The van der Waals surface area contributed by atoms with Gasteiger partial charge in [-0.1, -0.05) is 12.1 Å². The summed E-state index contributed by atoms with van der Waals surface area (Å²) in [6.07, 6.45) is 1.68. The lowest BCUT2D eigenvalue weighted by atomic mass is 10.1. The normalized spacial score (nSPS) is 20.6. The van der Waals surface area contributed by atoms with Crippen molar-refractivity contribution in [3.8, 4) is 0 Å². The van der Waals surface area contributed by atoms with Crippen LogP contribution < -0.4 is 10.6 Å². The first-order valence-electron chi connectivity index (χ1n) is 6.20. The number of nitrogens with one attached hydrogen (secondary N) is 2. The number of benzene rings is 1. The molecule has 0 bridgehead atoms. The van der Waals surface area contributed by atoms with Gasteiger partial charge >= 0.3 is 5.51 Å². The van der Waals surface area contributed by atoms with Crippen LogP contribution in [0.15, 0.2) is 29.2 Å². The Balaban J connectivity index is 2.31. The van der Waals surface area contributed by atoms with Crippen molar-refractivity contribution in [2.45, 2.75) is 29.3 Å². The van der Waals surface area contributed by atoms with Gasteiger partial charge in [0.2, 0.25) is 0 Å². The molecule has 0 radical (unpaired) electrons. The molecule has 1 aliphatic rings. The highest BCUT2D eigenvalue weighted by Gasteiger charge is 2.48. The molecule has 1 aromatic carbocycles. The second kappa shape index (κ2) is 5.61. The summed E-state index contributed by atoms with van der Waals surface area (Å²) in [5.41, 5.74) is -5.30. The Labute approximate surface area is 115 Å². The third-order valence-electron chi connectivity index (χ3n) is 3.14. The first-order valence-corrected chi connectivity index (χ1v) is 7.68. The molecule has 0 aromatic heterocycles. The van der Waals surface area contributed by atoms with Gasteiger partial charge in [0, 0.05) is 12.6 Å². The van der Waals surface area contributed by atoms with E-state index in [2.05, 4.69) is 10.6 Å². The van der Waals surface area contributed by atoms with E-state index < -0.39 is 20.2 Å². The predicted molar refractivity (Wildman–Crippen MR) is 69.2 cm³/mol. The number of halogens is 3. The van der Waals surface area contributed by atoms with Crippen LogP contribution in [0.2, 0.25) is 0 Å². The van der Waals surface area contributed by atoms with Crippen LogP contribution in [0, 0.1) is 0 Å². The molecule has 2 N–H and O–H groups in total. The molecule has 0 saturated carbocycles. The highest BCUT2D eigenvalue weighted by atomic mass is 32.2. The van der Waals surface area contributed by atoms with E-state index in [4.69, 9.17) is 0 Å². The highest BCUT2D eigenvalue weighted by molar-refractivity contribution is 7.92. The third-order valence-corrected chi connectivity index (χ3v) is 4.68. The summed E-state index contributed by atoms with van der Waals surface area (Å²) in [6, 6.07) is 5.04. The van der Waals surface area contributed by atoms with Crippen molar-refractivity contribution in [1.82, 2.24) is 5.32 Å². The number of anilines is 1. The van der Waals surface area contributed by atoms with Crippen molar-refractivity contribution in [2.24, 2.45) is 0 Å². The van der Waals surface area contributed by atoms with Crippen LogP contribution in [-0.2, 0) is 9.84 Å². The van der Waals surface area contributed by atoms with E-state index >= 15 is 0 Å². The van der Waals surface area contributed by atoms with Gasteiger partial charge in [-0.25, -0.2) is 8.42 Å². The summed E-state index contributed by atoms with van der Waals surface area (Å²) in [5.74, 6) is 0. The molecule has 1 unspecified atom stereocenters. The quantitative estimate of drug-likeness (QED) is 0.898. The van der Waals surface area contributed by atoms with E-state index in [-0.39, 0.29) is 11.7 Å². The number of sulfone groups is 1. The van der Waals surface area contributed by atoms with Gasteiger partial charge in [0.25, 0.3) is 9.84 Å². The van der Waals surface area contributed by atoms with Crippen molar-refractivity contribution in [2.75, 3.05) is 18.4 Å².